The number of amides is 1. The second kappa shape index (κ2) is 8.66. The van der Waals surface area contributed by atoms with E-state index in [0.717, 1.165) is 37.4 Å². The van der Waals surface area contributed by atoms with Crippen LogP contribution in [0.15, 0.2) is 35.2 Å². The topological polar surface area (TPSA) is 104 Å². The molecule has 1 aliphatic rings. The maximum Gasteiger partial charge on any atom is 0.240 e. The molecule has 0 aliphatic carbocycles. The number of carbonyl (C=O) groups excluding carboxylic acids is 1. The van der Waals surface area contributed by atoms with E-state index in [1.165, 1.54) is 25.5 Å². The van der Waals surface area contributed by atoms with Crippen LogP contribution in [0.2, 0.25) is 0 Å². The van der Waals surface area contributed by atoms with Gasteiger partial charge in [0.1, 0.15) is 11.6 Å². The van der Waals surface area contributed by atoms with Gasteiger partial charge in [0.15, 0.2) is 0 Å². The van der Waals surface area contributed by atoms with Gasteiger partial charge >= 0.3 is 0 Å². The molecule has 1 fully saturated rings. The Labute approximate surface area is 165 Å². The molecule has 1 amide bonds. The third kappa shape index (κ3) is 5.26. The van der Waals surface area contributed by atoms with E-state index in [9.17, 15) is 13.2 Å². The summed E-state index contributed by atoms with van der Waals surface area (Å²) >= 11 is 0. The molecular weight excluding hydrogens is 378 g/mol. The Hall–Kier alpha value is -2.52. The highest BCUT2D eigenvalue weighted by molar-refractivity contribution is 7.89. The fourth-order valence-corrected chi connectivity index (χ4v) is 4.12. The fourth-order valence-electron chi connectivity index (χ4n) is 3.14. The minimum atomic E-state index is -3.71. The highest BCUT2D eigenvalue weighted by Crippen LogP contribution is 2.19. The van der Waals surface area contributed by atoms with Crippen molar-refractivity contribution in [3.8, 4) is 0 Å². The summed E-state index contributed by atoms with van der Waals surface area (Å²) in [7, 11) is -3.71. The lowest BCUT2D eigenvalue weighted by Gasteiger charge is -2.28. The number of nitrogens with one attached hydrogen (secondary N) is 2. The molecule has 0 atom stereocenters. The van der Waals surface area contributed by atoms with Crippen molar-refractivity contribution in [2.45, 2.75) is 44.6 Å². The summed E-state index contributed by atoms with van der Waals surface area (Å²) in [6.07, 6.45) is 3.51. The third-order valence-electron chi connectivity index (χ3n) is 4.47. The van der Waals surface area contributed by atoms with Crippen molar-refractivity contribution in [3.63, 3.8) is 0 Å². The van der Waals surface area contributed by atoms with Crippen molar-refractivity contribution in [1.29, 1.82) is 0 Å². The second-order valence-corrected chi connectivity index (χ2v) is 8.63. The number of hydrogen-bond acceptors (Lipinski definition) is 6. The summed E-state index contributed by atoms with van der Waals surface area (Å²) in [5.74, 6) is 1.08. The molecular formula is C19H25N5O3S. The van der Waals surface area contributed by atoms with Crippen LogP contribution in [0.5, 0.6) is 0 Å². The molecule has 1 aromatic carbocycles. The Morgan fingerprint density at radius 1 is 1.11 bits per heavy atom. The maximum atomic E-state index is 12.5. The molecule has 8 nitrogen and oxygen atoms in total. The number of hydrogen-bond donors (Lipinski definition) is 2. The Morgan fingerprint density at radius 3 is 2.43 bits per heavy atom. The highest BCUT2D eigenvalue weighted by Gasteiger charge is 2.17. The monoisotopic (exact) mass is 403 g/mol. The fraction of sp³-hybridized carbons (Fsp3) is 0.421. The lowest BCUT2D eigenvalue weighted by Crippen LogP contribution is -2.31. The van der Waals surface area contributed by atoms with Gasteiger partial charge in [0, 0.05) is 37.5 Å². The van der Waals surface area contributed by atoms with Gasteiger partial charge in [-0.25, -0.2) is 23.1 Å². The van der Waals surface area contributed by atoms with Crippen molar-refractivity contribution >= 4 is 27.4 Å². The van der Waals surface area contributed by atoms with E-state index in [-0.39, 0.29) is 17.3 Å². The van der Waals surface area contributed by atoms with Gasteiger partial charge < -0.3 is 10.2 Å². The van der Waals surface area contributed by atoms with E-state index >= 15 is 0 Å². The molecule has 0 bridgehead atoms. The van der Waals surface area contributed by atoms with Gasteiger partial charge in [-0.1, -0.05) is 0 Å². The summed E-state index contributed by atoms with van der Waals surface area (Å²) < 4.78 is 27.6. The third-order valence-corrected chi connectivity index (χ3v) is 5.89. The summed E-state index contributed by atoms with van der Waals surface area (Å²) in [6.45, 7) is 5.21. The second-order valence-electron chi connectivity index (χ2n) is 6.86. The van der Waals surface area contributed by atoms with Gasteiger partial charge in [0.05, 0.1) is 11.4 Å². The zero-order valence-corrected chi connectivity index (χ0v) is 16.9. The van der Waals surface area contributed by atoms with Crippen molar-refractivity contribution in [2.75, 3.05) is 23.3 Å². The minimum Gasteiger partial charge on any atom is -0.357 e. The first kappa shape index (κ1) is 20.2. The van der Waals surface area contributed by atoms with Crippen molar-refractivity contribution in [3.05, 3.63) is 41.9 Å². The van der Waals surface area contributed by atoms with Crippen LogP contribution in [0.1, 0.15) is 37.7 Å². The molecule has 28 heavy (non-hydrogen) atoms. The van der Waals surface area contributed by atoms with Gasteiger partial charge in [-0.05, 0) is 50.5 Å². The number of piperidine rings is 1. The molecule has 0 radical (unpaired) electrons. The number of anilines is 2. The van der Waals surface area contributed by atoms with Gasteiger partial charge in [-0.2, -0.15) is 0 Å². The van der Waals surface area contributed by atoms with Gasteiger partial charge in [0.2, 0.25) is 15.9 Å². The maximum absolute atomic E-state index is 12.5. The minimum absolute atomic E-state index is 0.0122. The average Bonchev–Trinajstić information content (AvgIpc) is 2.67. The molecule has 0 saturated carbocycles. The first-order valence-corrected chi connectivity index (χ1v) is 10.8. The van der Waals surface area contributed by atoms with Crippen LogP contribution < -0.4 is 14.9 Å². The molecule has 1 saturated heterocycles. The summed E-state index contributed by atoms with van der Waals surface area (Å²) in [5, 5.41) is 2.61. The van der Waals surface area contributed by atoms with E-state index in [1.54, 1.807) is 12.1 Å². The first-order chi connectivity index (χ1) is 13.3. The van der Waals surface area contributed by atoms with Crippen LogP contribution in [0, 0.1) is 6.92 Å². The Morgan fingerprint density at radius 2 is 1.79 bits per heavy atom. The number of aryl methyl sites for hydroxylation is 1. The smallest absolute Gasteiger partial charge is 0.240 e. The van der Waals surface area contributed by atoms with E-state index in [2.05, 4.69) is 24.9 Å². The molecule has 0 unspecified atom stereocenters. The zero-order chi connectivity index (χ0) is 20.1. The van der Waals surface area contributed by atoms with Crippen molar-refractivity contribution in [1.82, 2.24) is 14.7 Å². The SMILES string of the molecule is CC(=O)Nc1ccc(S(=O)(=O)NCc2nc(C)cc(N3CCCCC3)n2)cc1. The van der Waals surface area contributed by atoms with Crippen LogP contribution in [-0.2, 0) is 21.4 Å². The Kier molecular flexibility index (Phi) is 6.25. The zero-order valence-electron chi connectivity index (χ0n) is 16.1. The van der Waals surface area contributed by atoms with E-state index in [1.807, 2.05) is 13.0 Å². The Bertz CT molecular complexity index is 939. The van der Waals surface area contributed by atoms with Gasteiger partial charge in [0.25, 0.3) is 0 Å². The number of rotatable bonds is 6. The van der Waals surface area contributed by atoms with Crippen molar-refractivity contribution < 1.29 is 13.2 Å². The predicted molar refractivity (Wildman–Crippen MR) is 108 cm³/mol. The highest BCUT2D eigenvalue weighted by atomic mass is 32.2. The number of carbonyl (C=O) groups is 1. The van der Waals surface area contributed by atoms with Crippen LogP contribution in [-0.4, -0.2) is 37.4 Å². The summed E-state index contributed by atoms with van der Waals surface area (Å²) in [4.78, 5) is 22.3. The predicted octanol–water partition coefficient (Wildman–Crippen LogP) is 2.21. The molecule has 0 spiro atoms. The van der Waals surface area contributed by atoms with Gasteiger partial charge in [-0.15, -0.1) is 0 Å². The first-order valence-electron chi connectivity index (χ1n) is 9.30. The quantitative estimate of drug-likeness (QED) is 0.766. The molecule has 1 aliphatic heterocycles. The van der Waals surface area contributed by atoms with Crippen molar-refractivity contribution in [2.24, 2.45) is 0 Å². The molecule has 2 N–H and O–H groups in total. The van der Waals surface area contributed by atoms with Crippen LogP contribution in [0.3, 0.4) is 0 Å². The largest absolute Gasteiger partial charge is 0.357 e. The molecule has 3 rings (SSSR count). The summed E-state index contributed by atoms with van der Waals surface area (Å²) in [6, 6.07) is 7.93. The molecule has 1 aromatic heterocycles. The van der Waals surface area contributed by atoms with Gasteiger partial charge in [-0.3, -0.25) is 4.79 Å². The standard InChI is InChI=1S/C19H25N5O3S/c1-14-12-19(24-10-4-3-5-11-24)23-18(21-14)13-20-28(26,27)17-8-6-16(7-9-17)22-15(2)25/h6-9,12,20H,3-5,10-11,13H2,1-2H3,(H,22,25). The normalized spacial score (nSPS) is 14.7. The number of sulfonamides is 1. The molecule has 9 heteroatoms. The Balaban J connectivity index is 1.70. The number of aromatic nitrogens is 2. The van der Waals surface area contributed by atoms with Crippen LogP contribution >= 0.6 is 0 Å². The number of benzene rings is 1. The lowest BCUT2D eigenvalue weighted by molar-refractivity contribution is -0.114. The van der Waals surface area contributed by atoms with Crippen LogP contribution in [0.4, 0.5) is 11.5 Å². The van der Waals surface area contributed by atoms with Crippen LogP contribution in [0.25, 0.3) is 0 Å². The van der Waals surface area contributed by atoms with E-state index in [0.29, 0.717) is 11.5 Å². The molecule has 2 aromatic rings. The summed E-state index contributed by atoms with van der Waals surface area (Å²) in [5.41, 5.74) is 1.35. The molecule has 2 heterocycles. The molecule has 150 valence electrons. The van der Waals surface area contributed by atoms with E-state index < -0.39 is 10.0 Å². The average molecular weight is 404 g/mol. The number of nitrogens with zero attached hydrogens (tertiary/aromatic N) is 3. The lowest BCUT2D eigenvalue weighted by atomic mass is 10.1. The van der Waals surface area contributed by atoms with E-state index in [4.69, 9.17) is 0 Å².